The number of carbonyl (C=O) groups excluding carboxylic acids is 1. The average molecular weight is 185 g/mol. The van der Waals surface area contributed by atoms with Crippen molar-refractivity contribution in [2.75, 3.05) is 0 Å². The van der Waals surface area contributed by atoms with Gasteiger partial charge in [0.1, 0.15) is 0 Å². The molecule has 1 atom stereocenters. The minimum Gasteiger partial charge on any atom is -0.387 e. The van der Waals surface area contributed by atoms with Gasteiger partial charge in [-0.1, -0.05) is 0 Å². The van der Waals surface area contributed by atoms with Gasteiger partial charge in [-0.25, -0.2) is 4.79 Å². The molecule has 1 amide bonds. The zero-order chi connectivity index (χ0) is 9.84. The van der Waals surface area contributed by atoms with Crippen LogP contribution in [-0.4, -0.2) is 21.0 Å². The molecule has 5 N–H and O–H groups in total. The summed E-state index contributed by atoms with van der Waals surface area (Å²) in [5, 5.41) is 9.38. The van der Waals surface area contributed by atoms with Crippen LogP contribution in [0, 0.1) is 0 Å². The van der Waals surface area contributed by atoms with Crippen molar-refractivity contribution in [3.05, 3.63) is 22.4 Å². The fraction of sp³-hybridized carbons (Fsp3) is 0.429. The second-order valence-electron chi connectivity index (χ2n) is 2.72. The lowest BCUT2D eigenvalue weighted by atomic mass is 10.1. The molecule has 0 aliphatic heterocycles. The Bertz CT molecular complexity index is 341. The highest BCUT2D eigenvalue weighted by Crippen LogP contribution is 2.13. The molecule has 1 unspecified atom stereocenters. The third-order valence-corrected chi connectivity index (χ3v) is 1.64. The zero-order valence-corrected chi connectivity index (χ0v) is 6.91. The Morgan fingerprint density at radius 3 is 2.85 bits per heavy atom. The molecule has 72 valence electrons. The molecule has 0 saturated carbocycles. The number of aromatic nitrogens is 2. The monoisotopic (exact) mass is 185 g/mol. The fourth-order valence-corrected chi connectivity index (χ4v) is 0.961. The minimum atomic E-state index is -0.855. The van der Waals surface area contributed by atoms with E-state index < -0.39 is 12.0 Å². The van der Waals surface area contributed by atoms with Crippen LogP contribution < -0.4 is 11.4 Å². The van der Waals surface area contributed by atoms with Gasteiger partial charge >= 0.3 is 5.69 Å². The first-order valence-electron chi connectivity index (χ1n) is 3.83. The number of H-pyrrole nitrogens is 2. The highest BCUT2D eigenvalue weighted by atomic mass is 16.3. The minimum absolute atomic E-state index is 0.0916. The summed E-state index contributed by atoms with van der Waals surface area (Å²) in [5.74, 6) is -0.475. The maximum absolute atomic E-state index is 10.6. The summed E-state index contributed by atoms with van der Waals surface area (Å²) in [4.78, 5) is 25.7. The Labute approximate surface area is 73.8 Å². The van der Waals surface area contributed by atoms with Crippen molar-refractivity contribution >= 4 is 5.91 Å². The number of imidazole rings is 1. The number of amides is 1. The normalized spacial score (nSPS) is 12.7. The third kappa shape index (κ3) is 2.75. The lowest BCUT2D eigenvalue weighted by Crippen LogP contribution is -2.12. The van der Waals surface area contributed by atoms with Crippen LogP contribution in [0.5, 0.6) is 0 Å². The maximum atomic E-state index is 10.6. The van der Waals surface area contributed by atoms with Crippen LogP contribution in [0.15, 0.2) is 11.0 Å². The molecule has 13 heavy (non-hydrogen) atoms. The average Bonchev–Trinajstić information content (AvgIpc) is 2.47. The number of aliphatic hydroxyl groups is 1. The van der Waals surface area contributed by atoms with Crippen molar-refractivity contribution in [3.63, 3.8) is 0 Å². The van der Waals surface area contributed by atoms with Crippen LogP contribution in [0.2, 0.25) is 0 Å². The van der Waals surface area contributed by atoms with Gasteiger partial charge in [0.25, 0.3) is 0 Å². The summed E-state index contributed by atoms with van der Waals surface area (Å²) < 4.78 is 0. The second kappa shape index (κ2) is 3.90. The first-order valence-corrected chi connectivity index (χ1v) is 3.83. The molecule has 1 heterocycles. The van der Waals surface area contributed by atoms with Gasteiger partial charge in [0.2, 0.25) is 5.91 Å². The van der Waals surface area contributed by atoms with Gasteiger partial charge in [0.15, 0.2) is 0 Å². The first kappa shape index (κ1) is 9.53. The van der Waals surface area contributed by atoms with Crippen LogP contribution in [-0.2, 0) is 4.79 Å². The second-order valence-corrected chi connectivity index (χ2v) is 2.72. The Balaban J connectivity index is 2.53. The number of carbonyl (C=O) groups is 1. The number of hydrogen-bond acceptors (Lipinski definition) is 3. The SMILES string of the molecule is NC(=O)CCC(O)c1c[nH]c(=O)[nH]1. The highest BCUT2D eigenvalue weighted by Gasteiger charge is 2.10. The van der Waals surface area contributed by atoms with Crippen molar-refractivity contribution in [2.24, 2.45) is 5.73 Å². The molecule has 0 bridgehead atoms. The number of hydrogen-bond donors (Lipinski definition) is 4. The number of nitrogens with two attached hydrogens (primary N) is 1. The quantitative estimate of drug-likeness (QED) is 0.482. The molecule has 0 saturated heterocycles. The molecule has 0 radical (unpaired) electrons. The smallest absolute Gasteiger partial charge is 0.323 e. The van der Waals surface area contributed by atoms with Gasteiger partial charge in [-0.15, -0.1) is 0 Å². The van der Waals surface area contributed by atoms with Crippen molar-refractivity contribution in [2.45, 2.75) is 18.9 Å². The van der Waals surface area contributed by atoms with Gasteiger partial charge in [0, 0.05) is 12.6 Å². The van der Waals surface area contributed by atoms with Crippen LogP contribution in [0.3, 0.4) is 0 Å². The molecule has 0 fully saturated rings. The summed E-state index contributed by atoms with van der Waals surface area (Å²) in [6.07, 6.45) is 0.817. The number of rotatable bonds is 4. The molecular formula is C7H11N3O3. The Morgan fingerprint density at radius 1 is 1.69 bits per heavy atom. The van der Waals surface area contributed by atoms with E-state index in [1.807, 2.05) is 0 Å². The fourth-order valence-electron chi connectivity index (χ4n) is 0.961. The third-order valence-electron chi connectivity index (χ3n) is 1.64. The van der Waals surface area contributed by atoms with Crippen LogP contribution >= 0.6 is 0 Å². The van der Waals surface area contributed by atoms with Crippen molar-refractivity contribution in [3.8, 4) is 0 Å². The van der Waals surface area contributed by atoms with E-state index in [9.17, 15) is 14.7 Å². The van der Waals surface area contributed by atoms with Crippen molar-refractivity contribution in [1.82, 2.24) is 9.97 Å². The van der Waals surface area contributed by atoms with E-state index in [0.29, 0.717) is 5.69 Å². The van der Waals surface area contributed by atoms with E-state index in [-0.39, 0.29) is 18.5 Å². The molecule has 6 nitrogen and oxygen atoms in total. The lowest BCUT2D eigenvalue weighted by molar-refractivity contribution is -0.118. The Morgan fingerprint density at radius 2 is 2.38 bits per heavy atom. The molecule has 1 aromatic rings. The largest absolute Gasteiger partial charge is 0.387 e. The summed E-state index contributed by atoms with van der Waals surface area (Å²) >= 11 is 0. The van der Waals surface area contributed by atoms with E-state index >= 15 is 0 Å². The van der Waals surface area contributed by atoms with Gasteiger partial charge in [-0.3, -0.25) is 4.79 Å². The van der Waals surface area contributed by atoms with Gasteiger partial charge < -0.3 is 20.8 Å². The van der Waals surface area contributed by atoms with E-state index in [2.05, 4.69) is 9.97 Å². The predicted octanol–water partition coefficient (Wildman–Crippen LogP) is -0.998. The lowest BCUT2D eigenvalue weighted by Gasteiger charge is -2.05. The summed E-state index contributed by atoms with van der Waals surface area (Å²) in [5.41, 5.74) is 4.88. The maximum Gasteiger partial charge on any atom is 0.323 e. The van der Waals surface area contributed by atoms with Crippen molar-refractivity contribution in [1.29, 1.82) is 0 Å². The van der Waals surface area contributed by atoms with Crippen LogP contribution in [0.4, 0.5) is 0 Å². The van der Waals surface area contributed by atoms with Gasteiger partial charge in [0.05, 0.1) is 11.8 Å². The number of aliphatic hydroxyl groups excluding tert-OH is 1. The summed E-state index contributed by atoms with van der Waals surface area (Å²) in [6, 6.07) is 0. The number of primary amides is 1. The molecule has 0 aliphatic carbocycles. The molecule has 1 rings (SSSR count). The van der Waals surface area contributed by atoms with Crippen LogP contribution in [0.25, 0.3) is 0 Å². The van der Waals surface area contributed by atoms with E-state index in [4.69, 9.17) is 5.73 Å². The Kier molecular flexibility index (Phi) is 2.86. The first-order chi connectivity index (χ1) is 6.09. The van der Waals surface area contributed by atoms with E-state index in [0.717, 1.165) is 0 Å². The topological polar surface area (TPSA) is 112 Å². The molecular weight excluding hydrogens is 174 g/mol. The molecule has 0 aliphatic rings. The summed E-state index contributed by atoms with van der Waals surface area (Å²) in [7, 11) is 0. The van der Waals surface area contributed by atoms with Gasteiger partial charge in [-0.05, 0) is 6.42 Å². The van der Waals surface area contributed by atoms with Gasteiger partial charge in [-0.2, -0.15) is 0 Å². The predicted molar refractivity (Wildman–Crippen MR) is 44.8 cm³/mol. The van der Waals surface area contributed by atoms with E-state index in [1.165, 1.54) is 6.20 Å². The van der Waals surface area contributed by atoms with Crippen LogP contribution in [0.1, 0.15) is 24.6 Å². The van der Waals surface area contributed by atoms with Crippen molar-refractivity contribution < 1.29 is 9.90 Å². The molecule has 0 spiro atoms. The Hall–Kier alpha value is -1.56. The standard InChI is InChI=1S/C7H11N3O3/c8-6(12)2-1-5(11)4-3-9-7(13)10-4/h3,5,11H,1-2H2,(H2,8,12)(H2,9,10,13). The zero-order valence-electron chi connectivity index (χ0n) is 6.91. The molecule has 6 heteroatoms. The molecule has 0 aromatic carbocycles. The number of nitrogens with one attached hydrogen (secondary N) is 2. The number of aromatic amines is 2. The van der Waals surface area contributed by atoms with E-state index in [1.54, 1.807) is 0 Å². The highest BCUT2D eigenvalue weighted by molar-refractivity contribution is 5.73. The summed E-state index contributed by atoms with van der Waals surface area (Å²) in [6.45, 7) is 0. The molecule has 1 aromatic heterocycles.